The summed E-state index contributed by atoms with van der Waals surface area (Å²) < 4.78 is 0. The topological polar surface area (TPSA) is 54.0 Å². The van der Waals surface area contributed by atoms with Gasteiger partial charge in [0, 0.05) is 25.0 Å². The van der Waals surface area contributed by atoms with Crippen molar-refractivity contribution in [2.45, 2.75) is 25.8 Å². The Morgan fingerprint density at radius 1 is 1.47 bits per heavy atom. The molecule has 0 bridgehead atoms. The number of carbonyl (C=O) groups is 1. The van der Waals surface area contributed by atoms with E-state index in [1.165, 1.54) is 12.8 Å². The van der Waals surface area contributed by atoms with Crippen molar-refractivity contribution >= 4 is 5.91 Å². The minimum atomic E-state index is 0.0813. The highest BCUT2D eigenvalue weighted by molar-refractivity contribution is 5.78. The van der Waals surface area contributed by atoms with Crippen LogP contribution in [0.5, 0.6) is 0 Å². The summed E-state index contributed by atoms with van der Waals surface area (Å²) in [6.45, 7) is 3.25. The van der Waals surface area contributed by atoms with Gasteiger partial charge in [-0.05, 0) is 43.4 Å². The van der Waals surface area contributed by atoms with E-state index in [0.29, 0.717) is 6.54 Å². The molecule has 92 valence electrons. The molecule has 1 aromatic heterocycles. The quantitative estimate of drug-likeness (QED) is 0.777. The molecule has 1 fully saturated rings. The van der Waals surface area contributed by atoms with Crippen LogP contribution < -0.4 is 10.6 Å². The Balaban J connectivity index is 1.68. The maximum Gasteiger partial charge on any atom is 0.233 e. The Labute approximate surface area is 102 Å². The number of hydrogen-bond acceptors (Lipinski definition) is 3. The van der Waals surface area contributed by atoms with Crippen LogP contribution in [0.3, 0.4) is 0 Å². The monoisotopic (exact) mass is 233 g/mol. The predicted octanol–water partition coefficient (Wildman–Crippen LogP) is 1.26. The number of nitrogens with zero attached hydrogens (tertiary/aromatic N) is 1. The highest BCUT2D eigenvalue weighted by atomic mass is 16.1. The zero-order chi connectivity index (χ0) is 12.1. The molecule has 2 N–H and O–H groups in total. The van der Waals surface area contributed by atoms with Crippen molar-refractivity contribution in [2.24, 2.45) is 5.92 Å². The lowest BCUT2D eigenvalue weighted by Crippen LogP contribution is -2.36. The van der Waals surface area contributed by atoms with Crippen LogP contribution in [0.1, 0.15) is 31.4 Å². The fraction of sp³-hybridized carbons (Fsp3) is 0.538. The minimum Gasteiger partial charge on any atom is -0.355 e. The number of pyridine rings is 1. The molecule has 2 rings (SSSR count). The van der Waals surface area contributed by atoms with Crippen molar-refractivity contribution in [1.29, 1.82) is 0 Å². The molecule has 1 aromatic rings. The molecule has 0 aromatic carbocycles. The van der Waals surface area contributed by atoms with Crippen LogP contribution in [-0.4, -0.2) is 24.0 Å². The Hall–Kier alpha value is -1.42. The molecule has 0 saturated heterocycles. The van der Waals surface area contributed by atoms with Crippen LogP contribution >= 0.6 is 0 Å². The van der Waals surface area contributed by atoms with Gasteiger partial charge in [0.05, 0.1) is 6.54 Å². The second-order valence-corrected chi connectivity index (χ2v) is 4.63. The van der Waals surface area contributed by atoms with Crippen LogP contribution in [0.4, 0.5) is 0 Å². The molecule has 1 heterocycles. The van der Waals surface area contributed by atoms with Crippen molar-refractivity contribution in [3.05, 3.63) is 30.1 Å². The molecule has 0 radical (unpaired) electrons. The fourth-order valence-corrected chi connectivity index (χ4v) is 1.66. The molecule has 1 unspecified atom stereocenters. The van der Waals surface area contributed by atoms with Gasteiger partial charge in [0.25, 0.3) is 0 Å². The molecule has 1 saturated carbocycles. The number of carbonyl (C=O) groups excluding carboxylic acids is 1. The summed E-state index contributed by atoms with van der Waals surface area (Å²) in [4.78, 5) is 15.5. The average Bonchev–Trinajstić information content (AvgIpc) is 3.18. The zero-order valence-corrected chi connectivity index (χ0v) is 10.1. The van der Waals surface area contributed by atoms with E-state index in [0.717, 1.165) is 18.0 Å². The maximum absolute atomic E-state index is 11.5. The molecule has 1 amide bonds. The molecular formula is C13H19N3O. The SMILES string of the molecule is CC(NCC(=O)NCC1CC1)c1ccncc1. The number of hydrogen-bond donors (Lipinski definition) is 2. The van der Waals surface area contributed by atoms with E-state index in [1.807, 2.05) is 19.1 Å². The number of amides is 1. The highest BCUT2D eigenvalue weighted by Gasteiger charge is 2.21. The third-order valence-corrected chi connectivity index (χ3v) is 3.06. The summed E-state index contributed by atoms with van der Waals surface area (Å²) in [6, 6.07) is 4.09. The van der Waals surface area contributed by atoms with Crippen molar-refractivity contribution in [3.8, 4) is 0 Å². The fourth-order valence-electron chi connectivity index (χ4n) is 1.66. The van der Waals surface area contributed by atoms with Crippen molar-refractivity contribution in [2.75, 3.05) is 13.1 Å². The van der Waals surface area contributed by atoms with Crippen LogP contribution in [0.25, 0.3) is 0 Å². The summed E-state index contributed by atoms with van der Waals surface area (Å²) in [6.07, 6.45) is 6.06. The van der Waals surface area contributed by atoms with Gasteiger partial charge in [-0.1, -0.05) is 0 Å². The Kier molecular flexibility index (Phi) is 4.09. The normalized spacial score (nSPS) is 16.5. The summed E-state index contributed by atoms with van der Waals surface area (Å²) in [5.41, 5.74) is 1.15. The van der Waals surface area contributed by atoms with Gasteiger partial charge in [-0.25, -0.2) is 0 Å². The van der Waals surface area contributed by atoms with E-state index in [4.69, 9.17) is 0 Å². The van der Waals surface area contributed by atoms with Gasteiger partial charge < -0.3 is 10.6 Å². The van der Waals surface area contributed by atoms with Gasteiger partial charge in [0.15, 0.2) is 0 Å². The molecule has 17 heavy (non-hydrogen) atoms. The van der Waals surface area contributed by atoms with Gasteiger partial charge in [0.1, 0.15) is 0 Å². The number of nitrogens with one attached hydrogen (secondary N) is 2. The minimum absolute atomic E-state index is 0.0813. The molecule has 1 aliphatic carbocycles. The third-order valence-electron chi connectivity index (χ3n) is 3.06. The van der Waals surface area contributed by atoms with Gasteiger partial charge in [-0.2, -0.15) is 0 Å². The molecule has 4 heteroatoms. The molecule has 1 aliphatic rings. The van der Waals surface area contributed by atoms with E-state index >= 15 is 0 Å². The van der Waals surface area contributed by atoms with Crippen molar-refractivity contribution in [1.82, 2.24) is 15.6 Å². The van der Waals surface area contributed by atoms with E-state index in [9.17, 15) is 4.79 Å². The van der Waals surface area contributed by atoms with Crippen LogP contribution in [0, 0.1) is 5.92 Å². The van der Waals surface area contributed by atoms with Gasteiger partial charge in [-0.3, -0.25) is 9.78 Å². The first-order valence-corrected chi connectivity index (χ1v) is 6.15. The summed E-state index contributed by atoms with van der Waals surface area (Å²) in [7, 11) is 0. The second-order valence-electron chi connectivity index (χ2n) is 4.63. The average molecular weight is 233 g/mol. The van der Waals surface area contributed by atoms with E-state index < -0.39 is 0 Å². The lowest BCUT2D eigenvalue weighted by molar-refractivity contribution is -0.120. The predicted molar refractivity (Wildman–Crippen MR) is 66.4 cm³/mol. The number of rotatable bonds is 6. The first-order chi connectivity index (χ1) is 8.25. The van der Waals surface area contributed by atoms with E-state index in [-0.39, 0.29) is 11.9 Å². The van der Waals surface area contributed by atoms with E-state index in [2.05, 4.69) is 15.6 Å². The first-order valence-electron chi connectivity index (χ1n) is 6.15. The standard InChI is InChI=1S/C13H19N3O/c1-10(12-4-6-14-7-5-12)15-9-13(17)16-8-11-2-3-11/h4-7,10-11,15H,2-3,8-9H2,1H3,(H,16,17). The molecule has 0 spiro atoms. The second kappa shape index (κ2) is 5.77. The molecule has 4 nitrogen and oxygen atoms in total. The van der Waals surface area contributed by atoms with Crippen LogP contribution in [0.15, 0.2) is 24.5 Å². The lowest BCUT2D eigenvalue weighted by Gasteiger charge is -2.13. The Bertz CT molecular complexity index is 362. The van der Waals surface area contributed by atoms with Gasteiger partial charge in [-0.15, -0.1) is 0 Å². The van der Waals surface area contributed by atoms with Crippen molar-refractivity contribution in [3.63, 3.8) is 0 Å². The summed E-state index contributed by atoms with van der Waals surface area (Å²) >= 11 is 0. The first kappa shape index (κ1) is 12.0. The van der Waals surface area contributed by atoms with Crippen LogP contribution in [-0.2, 0) is 4.79 Å². The lowest BCUT2D eigenvalue weighted by atomic mass is 10.1. The molecule has 0 aliphatic heterocycles. The third kappa shape index (κ3) is 4.15. The summed E-state index contributed by atoms with van der Waals surface area (Å²) in [5.74, 6) is 0.814. The summed E-state index contributed by atoms with van der Waals surface area (Å²) in [5, 5.41) is 6.14. The number of aromatic nitrogens is 1. The highest BCUT2D eigenvalue weighted by Crippen LogP contribution is 2.27. The van der Waals surface area contributed by atoms with Gasteiger partial charge in [0.2, 0.25) is 5.91 Å². The molecule has 1 atom stereocenters. The van der Waals surface area contributed by atoms with Crippen molar-refractivity contribution < 1.29 is 4.79 Å². The molecular weight excluding hydrogens is 214 g/mol. The Morgan fingerprint density at radius 3 is 2.82 bits per heavy atom. The van der Waals surface area contributed by atoms with E-state index in [1.54, 1.807) is 12.4 Å². The smallest absolute Gasteiger partial charge is 0.233 e. The van der Waals surface area contributed by atoms with Crippen LogP contribution in [0.2, 0.25) is 0 Å². The zero-order valence-electron chi connectivity index (χ0n) is 10.1. The Morgan fingerprint density at radius 2 is 2.18 bits per heavy atom. The van der Waals surface area contributed by atoms with Gasteiger partial charge >= 0.3 is 0 Å². The largest absolute Gasteiger partial charge is 0.355 e. The maximum atomic E-state index is 11.5.